The van der Waals surface area contributed by atoms with Gasteiger partial charge in [0.2, 0.25) is 17.5 Å². The Morgan fingerprint density at radius 2 is 1.48 bits per heavy atom. The molecule has 10 atom stereocenters. The molecular weight excluding hydrogens is 720 g/mol. The summed E-state index contributed by atoms with van der Waals surface area (Å²) in [5, 5.41) is 104. The van der Waals surface area contributed by atoms with Gasteiger partial charge in [-0.05, 0) is 48.9 Å². The first-order valence-corrected chi connectivity index (χ1v) is 16.3. The van der Waals surface area contributed by atoms with Crippen LogP contribution in [0.4, 0.5) is 0 Å². The molecule has 6 rings (SSSR count). The fraction of sp³-hybridized carbons (Fsp3) is 0.333. The maximum Gasteiger partial charge on any atom is 0.330 e. The van der Waals surface area contributed by atoms with Crippen LogP contribution in [0.2, 0.25) is 0 Å². The lowest BCUT2D eigenvalue weighted by Gasteiger charge is -2.45. The number of fused-ring (bicyclic) bond motifs is 1. The van der Waals surface area contributed by atoms with Crippen LogP contribution in [0.1, 0.15) is 12.5 Å². The minimum atomic E-state index is -2.00. The highest BCUT2D eigenvalue weighted by Crippen LogP contribution is 2.40. The zero-order valence-corrected chi connectivity index (χ0v) is 28.1. The predicted molar refractivity (Wildman–Crippen MR) is 181 cm³/mol. The van der Waals surface area contributed by atoms with Gasteiger partial charge in [-0.25, -0.2) is 4.79 Å². The topological polar surface area (TPSA) is 296 Å². The van der Waals surface area contributed by atoms with Gasteiger partial charge in [0, 0.05) is 23.8 Å². The minimum absolute atomic E-state index is 0.0198. The first kappa shape index (κ1) is 38.3. The molecule has 0 radical (unpaired) electrons. The monoisotopic (exact) mass is 756 g/mol. The first-order chi connectivity index (χ1) is 25.6. The molecule has 54 heavy (non-hydrogen) atoms. The van der Waals surface area contributed by atoms with Crippen molar-refractivity contribution in [1.29, 1.82) is 0 Å². The summed E-state index contributed by atoms with van der Waals surface area (Å²) in [6, 6.07) is 11.1. The summed E-state index contributed by atoms with van der Waals surface area (Å²) in [5.41, 5.74) is -0.858. The molecule has 18 nitrogen and oxygen atoms in total. The van der Waals surface area contributed by atoms with Gasteiger partial charge in [-0.3, -0.25) is 4.79 Å². The second kappa shape index (κ2) is 15.5. The van der Waals surface area contributed by atoms with Crippen LogP contribution in [-0.2, 0) is 23.7 Å². The van der Waals surface area contributed by atoms with Crippen molar-refractivity contribution >= 4 is 23.0 Å². The van der Waals surface area contributed by atoms with E-state index in [0.717, 1.165) is 30.3 Å². The van der Waals surface area contributed by atoms with Crippen molar-refractivity contribution in [2.45, 2.75) is 68.3 Å². The Balaban J connectivity index is 1.28. The maximum absolute atomic E-state index is 13.9. The maximum atomic E-state index is 13.9. The zero-order chi connectivity index (χ0) is 39.0. The molecule has 2 aliphatic heterocycles. The number of carbonyl (C=O) groups excluding carboxylic acids is 1. The standard InChI is InChI=1S/C36H36O18/c1-14-26(43)30(47)34(54-35-31(48)29(46)27(44)23(52-35)13-49-24(42)9-4-15-2-6-17(37)7-3-15)36(50-14)53-33-28(45)25-21(41)11-18(38)12-22(25)51-32(33)16-5-8-19(39)20(40)10-16/h2-12,14,23,26-27,29-31,34-41,43-44,46-48H,13H2,1H3/t14-,23+,26-,27+,29-,30+,31+,34+,35-,36+/m0/s1. The molecule has 18 heteroatoms. The fourth-order valence-electron chi connectivity index (χ4n) is 5.87. The largest absolute Gasteiger partial charge is 0.508 e. The Bertz CT molecular complexity index is 2080. The minimum Gasteiger partial charge on any atom is -0.508 e. The Morgan fingerprint density at radius 1 is 0.759 bits per heavy atom. The first-order valence-electron chi connectivity index (χ1n) is 16.3. The van der Waals surface area contributed by atoms with Gasteiger partial charge in [0.25, 0.3) is 0 Å². The van der Waals surface area contributed by atoms with E-state index in [-0.39, 0.29) is 16.9 Å². The summed E-state index contributed by atoms with van der Waals surface area (Å²) in [5.74, 6) is -4.31. The number of hydrogen-bond donors (Lipinski definition) is 10. The summed E-state index contributed by atoms with van der Waals surface area (Å²) in [6.07, 6.45) is -15.2. The van der Waals surface area contributed by atoms with Crippen molar-refractivity contribution in [2.24, 2.45) is 0 Å². The lowest BCUT2D eigenvalue weighted by Crippen LogP contribution is -2.64. The Hall–Kier alpha value is -5.44. The number of esters is 1. The molecule has 0 amide bonds. The number of carbonyl (C=O) groups is 1. The highest BCUT2D eigenvalue weighted by Gasteiger charge is 2.51. The predicted octanol–water partition coefficient (Wildman–Crippen LogP) is 0.283. The Kier molecular flexibility index (Phi) is 11.0. The quantitative estimate of drug-likeness (QED) is 0.0623. The van der Waals surface area contributed by atoms with E-state index in [1.807, 2.05) is 0 Å². The second-order valence-electron chi connectivity index (χ2n) is 12.6. The number of aliphatic hydroxyl groups excluding tert-OH is 5. The van der Waals surface area contributed by atoms with Gasteiger partial charge in [-0.2, -0.15) is 0 Å². The molecule has 288 valence electrons. The van der Waals surface area contributed by atoms with E-state index < -0.39 is 119 Å². The van der Waals surface area contributed by atoms with Crippen molar-refractivity contribution in [2.75, 3.05) is 6.61 Å². The van der Waals surface area contributed by atoms with Gasteiger partial charge in [-0.15, -0.1) is 0 Å². The average molecular weight is 757 g/mol. The summed E-state index contributed by atoms with van der Waals surface area (Å²) < 4.78 is 34.2. The third kappa shape index (κ3) is 7.77. The molecule has 4 aromatic rings. The number of phenols is 5. The number of benzene rings is 3. The molecule has 2 aliphatic rings. The molecule has 3 heterocycles. The zero-order valence-electron chi connectivity index (χ0n) is 28.1. The van der Waals surface area contributed by atoms with Gasteiger partial charge in [0.15, 0.2) is 29.7 Å². The van der Waals surface area contributed by atoms with Gasteiger partial charge in [0.05, 0.1) is 6.10 Å². The number of ether oxygens (including phenoxy) is 5. The second-order valence-corrected chi connectivity index (χ2v) is 12.6. The van der Waals surface area contributed by atoms with Gasteiger partial charge >= 0.3 is 5.97 Å². The summed E-state index contributed by atoms with van der Waals surface area (Å²) in [6.45, 7) is 0.691. The third-order valence-electron chi connectivity index (χ3n) is 8.83. The van der Waals surface area contributed by atoms with Crippen molar-refractivity contribution in [3.8, 4) is 45.8 Å². The third-order valence-corrected chi connectivity index (χ3v) is 8.83. The van der Waals surface area contributed by atoms with Crippen molar-refractivity contribution in [1.82, 2.24) is 0 Å². The number of aliphatic hydroxyl groups is 5. The van der Waals surface area contributed by atoms with Gasteiger partial charge < -0.3 is 79.2 Å². The SMILES string of the molecule is C[C@@H]1O[C@H](Oc2c(-c3ccc(O)c(O)c3)oc3cc(O)cc(O)c3c2=O)[C@H](O[C@@H]2O[C@H](COC(=O)C=Cc3ccc(O)cc3)[C@@H](O)[C@H](O)[C@H]2O)[C@H](O)[C@H]1O. The molecular formula is C36H36O18. The van der Waals surface area contributed by atoms with Gasteiger partial charge in [0.1, 0.15) is 71.4 Å². The summed E-state index contributed by atoms with van der Waals surface area (Å²) in [7, 11) is 0. The van der Waals surface area contributed by atoms with Crippen LogP contribution >= 0.6 is 0 Å². The van der Waals surface area contributed by atoms with Gasteiger partial charge in [-0.1, -0.05) is 12.1 Å². The number of hydrogen-bond acceptors (Lipinski definition) is 18. The highest BCUT2D eigenvalue weighted by molar-refractivity contribution is 5.88. The number of rotatable bonds is 9. The number of aromatic hydroxyl groups is 5. The number of phenolic OH excluding ortho intramolecular Hbond substituents is 5. The normalized spacial score (nSPS) is 28.6. The van der Waals surface area contributed by atoms with Crippen LogP contribution in [0.3, 0.4) is 0 Å². The van der Waals surface area contributed by atoms with E-state index in [1.165, 1.54) is 43.3 Å². The summed E-state index contributed by atoms with van der Waals surface area (Å²) in [4.78, 5) is 26.3. The van der Waals surface area contributed by atoms with E-state index in [0.29, 0.717) is 5.56 Å². The van der Waals surface area contributed by atoms with Crippen LogP contribution in [0, 0.1) is 0 Å². The van der Waals surface area contributed by atoms with Crippen LogP contribution in [-0.4, -0.2) is 125 Å². The van der Waals surface area contributed by atoms with Crippen LogP contribution in [0.5, 0.6) is 34.5 Å². The van der Waals surface area contributed by atoms with Crippen molar-refractivity contribution in [3.63, 3.8) is 0 Å². The van der Waals surface area contributed by atoms with Crippen LogP contribution < -0.4 is 10.2 Å². The molecule has 0 spiro atoms. The fourth-order valence-corrected chi connectivity index (χ4v) is 5.87. The van der Waals surface area contributed by atoms with E-state index >= 15 is 0 Å². The molecule has 0 aliphatic carbocycles. The average Bonchev–Trinajstić information content (AvgIpc) is 3.13. The van der Waals surface area contributed by atoms with Crippen LogP contribution in [0.25, 0.3) is 28.4 Å². The molecule has 2 fully saturated rings. The van der Waals surface area contributed by atoms with E-state index in [9.17, 15) is 60.7 Å². The van der Waals surface area contributed by atoms with E-state index in [2.05, 4.69) is 0 Å². The smallest absolute Gasteiger partial charge is 0.330 e. The van der Waals surface area contributed by atoms with Crippen molar-refractivity contribution in [3.05, 3.63) is 76.5 Å². The molecule has 10 N–H and O–H groups in total. The molecule has 1 aromatic heterocycles. The van der Waals surface area contributed by atoms with Crippen molar-refractivity contribution < 1.29 is 84.0 Å². The molecule has 0 unspecified atom stereocenters. The van der Waals surface area contributed by atoms with E-state index in [4.69, 9.17) is 28.1 Å². The molecule has 0 saturated carbocycles. The van der Waals surface area contributed by atoms with Crippen LogP contribution in [0.15, 0.2) is 69.9 Å². The lowest BCUT2D eigenvalue weighted by molar-refractivity contribution is -0.355. The Labute approximate surface area is 304 Å². The van der Waals surface area contributed by atoms with E-state index in [1.54, 1.807) is 0 Å². The molecule has 2 saturated heterocycles. The highest BCUT2D eigenvalue weighted by atomic mass is 16.8. The molecule has 3 aromatic carbocycles. The Morgan fingerprint density at radius 3 is 2.19 bits per heavy atom. The lowest BCUT2D eigenvalue weighted by atomic mass is 9.97. The summed E-state index contributed by atoms with van der Waals surface area (Å²) >= 11 is 0. The molecule has 0 bridgehead atoms.